The number of hydrogen-bond acceptors (Lipinski definition) is 4. The van der Waals surface area contributed by atoms with Crippen molar-refractivity contribution in [1.29, 1.82) is 0 Å². The van der Waals surface area contributed by atoms with E-state index in [0.29, 0.717) is 5.88 Å². The van der Waals surface area contributed by atoms with Crippen molar-refractivity contribution >= 4 is 17.6 Å². The fourth-order valence-corrected chi connectivity index (χ4v) is 1.91. The molecular formula is C9H16N2OS. The van der Waals surface area contributed by atoms with E-state index in [1.54, 1.807) is 11.8 Å². The van der Waals surface area contributed by atoms with E-state index < -0.39 is 0 Å². The van der Waals surface area contributed by atoms with E-state index >= 15 is 0 Å². The normalized spacial score (nSPS) is 10.6. The summed E-state index contributed by atoms with van der Waals surface area (Å²) >= 11 is 1.70. The average molecular weight is 200 g/mol. The highest BCUT2D eigenvalue weighted by Crippen LogP contribution is 2.29. The third kappa shape index (κ3) is 2.66. The molecule has 13 heavy (non-hydrogen) atoms. The van der Waals surface area contributed by atoms with Crippen molar-refractivity contribution in [3.05, 3.63) is 5.69 Å². The smallest absolute Gasteiger partial charge is 0.236 e. The van der Waals surface area contributed by atoms with Crippen molar-refractivity contribution in [2.45, 2.75) is 38.0 Å². The van der Waals surface area contributed by atoms with E-state index in [-0.39, 0.29) is 0 Å². The van der Waals surface area contributed by atoms with Gasteiger partial charge in [-0.3, -0.25) is 0 Å². The van der Waals surface area contributed by atoms with Crippen molar-refractivity contribution in [1.82, 2.24) is 5.16 Å². The van der Waals surface area contributed by atoms with E-state index in [4.69, 9.17) is 10.3 Å². The van der Waals surface area contributed by atoms with Gasteiger partial charge in [-0.1, -0.05) is 25.4 Å². The Morgan fingerprint density at radius 3 is 2.85 bits per heavy atom. The molecule has 0 spiro atoms. The number of nitrogens with two attached hydrogens (primary N) is 1. The summed E-state index contributed by atoms with van der Waals surface area (Å²) < 4.78 is 4.95. The molecule has 0 aliphatic carbocycles. The summed E-state index contributed by atoms with van der Waals surface area (Å²) in [4.78, 5) is 1.04. The predicted octanol–water partition coefficient (Wildman–Crippen LogP) is 2.71. The fourth-order valence-electron chi connectivity index (χ4n) is 1.13. The van der Waals surface area contributed by atoms with E-state index in [1.807, 2.05) is 0 Å². The van der Waals surface area contributed by atoms with Gasteiger partial charge in [-0.25, -0.2) is 0 Å². The molecular weight excluding hydrogens is 184 g/mol. The van der Waals surface area contributed by atoms with Crippen LogP contribution in [0.1, 0.15) is 32.4 Å². The molecule has 1 aromatic heterocycles. The molecule has 1 rings (SSSR count). The Bertz CT molecular complexity index is 260. The maximum absolute atomic E-state index is 5.65. The summed E-state index contributed by atoms with van der Waals surface area (Å²) in [6.45, 7) is 4.26. The minimum absolute atomic E-state index is 0.470. The Kier molecular flexibility index (Phi) is 4.15. The van der Waals surface area contributed by atoms with Crippen LogP contribution in [0.3, 0.4) is 0 Å². The molecule has 0 radical (unpaired) electrons. The molecule has 0 aliphatic heterocycles. The molecule has 0 amide bonds. The van der Waals surface area contributed by atoms with Crippen LogP contribution >= 0.6 is 11.8 Å². The monoisotopic (exact) mass is 200 g/mol. The summed E-state index contributed by atoms with van der Waals surface area (Å²) in [7, 11) is 0. The van der Waals surface area contributed by atoms with E-state index in [1.165, 1.54) is 6.42 Å². The summed E-state index contributed by atoms with van der Waals surface area (Å²) in [6, 6.07) is 0. The van der Waals surface area contributed by atoms with Gasteiger partial charge in [0, 0.05) is 0 Å². The van der Waals surface area contributed by atoms with Crippen molar-refractivity contribution in [3.8, 4) is 0 Å². The first kappa shape index (κ1) is 10.4. The SMILES string of the molecule is CCCCc1noc(N)c1SCC. The van der Waals surface area contributed by atoms with Crippen molar-refractivity contribution < 1.29 is 4.52 Å². The van der Waals surface area contributed by atoms with Gasteiger partial charge in [0.1, 0.15) is 0 Å². The summed E-state index contributed by atoms with van der Waals surface area (Å²) in [5.41, 5.74) is 6.67. The topological polar surface area (TPSA) is 52.0 Å². The lowest BCUT2D eigenvalue weighted by atomic mass is 10.2. The van der Waals surface area contributed by atoms with Gasteiger partial charge in [0.05, 0.1) is 10.6 Å². The first-order valence-electron chi connectivity index (χ1n) is 4.66. The third-order valence-corrected chi connectivity index (χ3v) is 2.81. The predicted molar refractivity (Wildman–Crippen MR) is 55.9 cm³/mol. The van der Waals surface area contributed by atoms with Gasteiger partial charge < -0.3 is 10.3 Å². The van der Waals surface area contributed by atoms with Crippen LogP contribution in [0.5, 0.6) is 0 Å². The van der Waals surface area contributed by atoms with Crippen molar-refractivity contribution in [2.75, 3.05) is 11.5 Å². The summed E-state index contributed by atoms with van der Waals surface area (Å²) in [5, 5.41) is 3.95. The summed E-state index contributed by atoms with van der Waals surface area (Å²) in [6.07, 6.45) is 3.28. The third-order valence-electron chi connectivity index (χ3n) is 1.80. The van der Waals surface area contributed by atoms with Gasteiger partial charge in [0.15, 0.2) is 0 Å². The second kappa shape index (κ2) is 5.17. The number of nitrogens with zero attached hydrogens (tertiary/aromatic N) is 1. The number of rotatable bonds is 5. The van der Waals surface area contributed by atoms with Crippen LogP contribution in [0.2, 0.25) is 0 Å². The fraction of sp³-hybridized carbons (Fsp3) is 0.667. The molecule has 3 nitrogen and oxygen atoms in total. The average Bonchev–Trinajstić information content (AvgIpc) is 2.46. The Hall–Kier alpha value is -0.640. The second-order valence-electron chi connectivity index (χ2n) is 2.86. The lowest BCUT2D eigenvalue weighted by molar-refractivity contribution is 0.426. The number of thioether (sulfide) groups is 1. The van der Waals surface area contributed by atoms with Gasteiger partial charge in [-0.05, 0) is 18.6 Å². The lowest BCUT2D eigenvalue weighted by Crippen LogP contribution is -1.89. The minimum atomic E-state index is 0.470. The van der Waals surface area contributed by atoms with Crippen LogP contribution in [0.15, 0.2) is 9.42 Å². The molecule has 1 aromatic rings. The number of anilines is 1. The Labute approximate surface area is 83.0 Å². The van der Waals surface area contributed by atoms with Gasteiger partial charge in [-0.15, -0.1) is 11.8 Å². The molecule has 0 atom stereocenters. The van der Waals surface area contributed by atoms with Crippen LogP contribution < -0.4 is 5.73 Å². The highest BCUT2D eigenvalue weighted by atomic mass is 32.2. The minimum Gasteiger partial charge on any atom is -0.367 e. The molecule has 0 unspecified atom stereocenters. The zero-order chi connectivity index (χ0) is 9.68. The molecule has 4 heteroatoms. The number of hydrogen-bond donors (Lipinski definition) is 1. The Morgan fingerprint density at radius 1 is 1.46 bits per heavy atom. The molecule has 0 fully saturated rings. The second-order valence-corrected chi connectivity index (χ2v) is 4.13. The highest BCUT2D eigenvalue weighted by molar-refractivity contribution is 7.99. The van der Waals surface area contributed by atoms with E-state index in [0.717, 1.165) is 29.2 Å². The van der Waals surface area contributed by atoms with E-state index in [9.17, 15) is 0 Å². The van der Waals surface area contributed by atoms with Gasteiger partial charge in [-0.2, -0.15) is 0 Å². The zero-order valence-corrected chi connectivity index (χ0v) is 8.99. The van der Waals surface area contributed by atoms with Gasteiger partial charge in [0.2, 0.25) is 5.88 Å². The standard InChI is InChI=1S/C9H16N2OS/c1-3-5-6-7-8(13-4-2)9(10)12-11-7/h3-6,10H2,1-2H3. The molecule has 0 saturated heterocycles. The van der Waals surface area contributed by atoms with E-state index in [2.05, 4.69) is 19.0 Å². The van der Waals surface area contributed by atoms with Gasteiger partial charge >= 0.3 is 0 Å². The van der Waals surface area contributed by atoms with Crippen LogP contribution in [-0.4, -0.2) is 10.9 Å². The molecule has 74 valence electrons. The van der Waals surface area contributed by atoms with Gasteiger partial charge in [0.25, 0.3) is 0 Å². The number of nitrogen functional groups attached to an aromatic ring is 1. The first-order valence-corrected chi connectivity index (χ1v) is 5.65. The van der Waals surface area contributed by atoms with Crippen molar-refractivity contribution in [2.24, 2.45) is 0 Å². The molecule has 0 saturated carbocycles. The van der Waals surface area contributed by atoms with Crippen LogP contribution in [0.4, 0.5) is 5.88 Å². The molecule has 0 bridgehead atoms. The molecule has 2 N–H and O–H groups in total. The Balaban J connectivity index is 2.68. The lowest BCUT2D eigenvalue weighted by Gasteiger charge is -1.97. The molecule has 0 aliphatic rings. The van der Waals surface area contributed by atoms with Crippen LogP contribution in [0.25, 0.3) is 0 Å². The maximum atomic E-state index is 5.65. The maximum Gasteiger partial charge on any atom is 0.236 e. The quantitative estimate of drug-likeness (QED) is 0.742. The Morgan fingerprint density at radius 2 is 2.23 bits per heavy atom. The first-order chi connectivity index (χ1) is 6.29. The number of aryl methyl sites for hydroxylation is 1. The molecule has 0 aromatic carbocycles. The zero-order valence-electron chi connectivity index (χ0n) is 8.17. The van der Waals surface area contributed by atoms with Crippen LogP contribution in [0, 0.1) is 0 Å². The number of unbranched alkanes of at least 4 members (excludes halogenated alkanes) is 1. The highest BCUT2D eigenvalue weighted by Gasteiger charge is 2.12. The van der Waals surface area contributed by atoms with Crippen LogP contribution in [-0.2, 0) is 6.42 Å². The molecule has 1 heterocycles. The summed E-state index contributed by atoms with van der Waals surface area (Å²) in [5.74, 6) is 1.47. The van der Waals surface area contributed by atoms with Crippen molar-refractivity contribution in [3.63, 3.8) is 0 Å². The number of aromatic nitrogens is 1. The largest absolute Gasteiger partial charge is 0.367 e.